The smallest absolute Gasteiger partial charge is 0.262 e. The number of ether oxygens (including phenoxy) is 1. The fraction of sp³-hybridized carbons (Fsp3) is 0.350. The van der Waals surface area contributed by atoms with Crippen molar-refractivity contribution >= 4 is 26.7 Å². The van der Waals surface area contributed by atoms with Crippen LogP contribution in [0.4, 0.5) is 5.69 Å². The van der Waals surface area contributed by atoms with Crippen molar-refractivity contribution in [1.82, 2.24) is 9.97 Å². The summed E-state index contributed by atoms with van der Waals surface area (Å²) in [5, 5.41) is 0. The molecule has 1 aromatic heterocycles. The second kappa shape index (κ2) is 6.65. The third-order valence-electron chi connectivity index (χ3n) is 4.86. The SMILES string of the molecule is Cc1cc(C)c(S(=O)(=O)Nc2ccc3nc([C@@H]4CCCO4)[nH]c3c2)c(C)c1. The molecular formula is C20H23N3O3S. The standard InChI is InChI=1S/C20H23N3O3S/c1-12-9-13(2)19(14(3)10-12)27(24,25)23-15-6-7-16-17(11-15)22-20(21-16)18-5-4-8-26-18/h6-7,9-11,18,23H,4-5,8H2,1-3H3,(H,21,22)/t18-/m0/s1. The maximum Gasteiger partial charge on any atom is 0.262 e. The van der Waals surface area contributed by atoms with Crippen molar-refractivity contribution in [1.29, 1.82) is 0 Å². The molecule has 0 spiro atoms. The first-order valence-corrected chi connectivity index (χ1v) is 10.5. The van der Waals surface area contributed by atoms with Crippen LogP contribution >= 0.6 is 0 Å². The lowest BCUT2D eigenvalue weighted by Gasteiger charge is -2.14. The summed E-state index contributed by atoms with van der Waals surface area (Å²) in [5.74, 6) is 0.799. The second-order valence-corrected chi connectivity index (χ2v) is 8.81. The van der Waals surface area contributed by atoms with E-state index in [2.05, 4.69) is 14.7 Å². The summed E-state index contributed by atoms with van der Waals surface area (Å²) in [6.07, 6.45) is 1.98. The van der Waals surface area contributed by atoms with Crippen LogP contribution in [0.15, 0.2) is 35.2 Å². The summed E-state index contributed by atoms with van der Waals surface area (Å²) < 4.78 is 34.3. The van der Waals surface area contributed by atoms with E-state index in [1.165, 1.54) is 0 Å². The number of aryl methyl sites for hydroxylation is 3. The van der Waals surface area contributed by atoms with Gasteiger partial charge in [0.25, 0.3) is 10.0 Å². The monoisotopic (exact) mass is 385 g/mol. The van der Waals surface area contributed by atoms with E-state index in [0.717, 1.165) is 53.0 Å². The summed E-state index contributed by atoms with van der Waals surface area (Å²) in [5.41, 5.74) is 4.62. The molecule has 3 aromatic rings. The van der Waals surface area contributed by atoms with Crippen molar-refractivity contribution in [3.63, 3.8) is 0 Å². The molecule has 0 bridgehead atoms. The van der Waals surface area contributed by atoms with E-state index in [4.69, 9.17) is 4.74 Å². The van der Waals surface area contributed by atoms with Crippen LogP contribution in [0.2, 0.25) is 0 Å². The van der Waals surface area contributed by atoms with Gasteiger partial charge in [-0.05, 0) is 62.9 Å². The number of rotatable bonds is 4. The van der Waals surface area contributed by atoms with Crippen LogP contribution in [-0.2, 0) is 14.8 Å². The van der Waals surface area contributed by atoms with E-state index in [0.29, 0.717) is 10.6 Å². The van der Waals surface area contributed by atoms with Gasteiger partial charge in [-0.15, -0.1) is 0 Å². The molecular weight excluding hydrogens is 362 g/mol. The van der Waals surface area contributed by atoms with Crippen molar-refractivity contribution in [2.75, 3.05) is 11.3 Å². The molecule has 2 N–H and O–H groups in total. The lowest BCUT2D eigenvalue weighted by atomic mass is 10.1. The third kappa shape index (κ3) is 3.44. The van der Waals surface area contributed by atoms with Crippen LogP contribution in [0.1, 0.15) is 41.5 Å². The lowest BCUT2D eigenvalue weighted by Crippen LogP contribution is -2.15. The van der Waals surface area contributed by atoms with Gasteiger partial charge in [-0.3, -0.25) is 4.72 Å². The van der Waals surface area contributed by atoms with Crippen LogP contribution in [0, 0.1) is 20.8 Å². The number of nitrogens with one attached hydrogen (secondary N) is 2. The van der Waals surface area contributed by atoms with Gasteiger partial charge in [0.05, 0.1) is 21.6 Å². The highest BCUT2D eigenvalue weighted by atomic mass is 32.2. The van der Waals surface area contributed by atoms with Gasteiger partial charge in [0, 0.05) is 6.61 Å². The van der Waals surface area contributed by atoms with Crippen LogP contribution in [0.5, 0.6) is 0 Å². The average Bonchev–Trinajstić information content (AvgIpc) is 3.21. The molecule has 1 atom stereocenters. The Hall–Kier alpha value is -2.38. The largest absolute Gasteiger partial charge is 0.370 e. The molecule has 1 saturated heterocycles. The Labute approximate surface area is 159 Å². The zero-order valence-corrected chi connectivity index (χ0v) is 16.5. The van der Waals surface area contributed by atoms with Crippen LogP contribution in [-0.4, -0.2) is 25.0 Å². The predicted molar refractivity (Wildman–Crippen MR) is 105 cm³/mol. The number of fused-ring (bicyclic) bond motifs is 1. The number of aromatic amines is 1. The molecule has 1 aliphatic rings. The lowest BCUT2D eigenvalue weighted by molar-refractivity contribution is 0.106. The minimum absolute atomic E-state index is 0.00426. The van der Waals surface area contributed by atoms with E-state index in [9.17, 15) is 8.42 Å². The molecule has 1 fully saturated rings. The minimum Gasteiger partial charge on any atom is -0.370 e. The van der Waals surface area contributed by atoms with Crippen molar-refractivity contribution in [3.8, 4) is 0 Å². The van der Waals surface area contributed by atoms with Crippen LogP contribution < -0.4 is 4.72 Å². The van der Waals surface area contributed by atoms with Gasteiger partial charge in [0.1, 0.15) is 11.9 Å². The van der Waals surface area contributed by atoms with Gasteiger partial charge < -0.3 is 9.72 Å². The fourth-order valence-electron chi connectivity index (χ4n) is 3.84. The molecule has 27 heavy (non-hydrogen) atoms. The van der Waals surface area contributed by atoms with Crippen molar-refractivity contribution in [2.45, 2.75) is 44.6 Å². The van der Waals surface area contributed by atoms with E-state index in [-0.39, 0.29) is 6.10 Å². The maximum atomic E-state index is 12.9. The first-order chi connectivity index (χ1) is 12.8. The Balaban J connectivity index is 1.66. The molecule has 0 unspecified atom stereocenters. The number of benzene rings is 2. The summed E-state index contributed by atoms with van der Waals surface area (Å²) in [4.78, 5) is 8.16. The van der Waals surface area contributed by atoms with E-state index < -0.39 is 10.0 Å². The molecule has 2 heterocycles. The Morgan fingerprint density at radius 3 is 2.56 bits per heavy atom. The summed E-state index contributed by atoms with van der Waals surface area (Å²) >= 11 is 0. The molecule has 7 heteroatoms. The predicted octanol–water partition coefficient (Wildman–Crippen LogP) is 4.14. The molecule has 4 rings (SSSR count). The van der Waals surface area contributed by atoms with Gasteiger partial charge in [0.2, 0.25) is 0 Å². The average molecular weight is 385 g/mol. The number of imidazole rings is 1. The Kier molecular flexibility index (Phi) is 4.44. The van der Waals surface area contributed by atoms with Gasteiger partial charge >= 0.3 is 0 Å². The van der Waals surface area contributed by atoms with Crippen LogP contribution in [0.3, 0.4) is 0 Å². The first-order valence-electron chi connectivity index (χ1n) is 9.05. The number of sulfonamides is 1. The normalized spacial score (nSPS) is 17.5. The molecule has 0 amide bonds. The van der Waals surface area contributed by atoms with Crippen LogP contribution in [0.25, 0.3) is 11.0 Å². The maximum absolute atomic E-state index is 12.9. The highest BCUT2D eigenvalue weighted by Crippen LogP contribution is 2.30. The molecule has 0 radical (unpaired) electrons. The Morgan fingerprint density at radius 2 is 1.89 bits per heavy atom. The Morgan fingerprint density at radius 1 is 1.15 bits per heavy atom. The number of H-pyrrole nitrogens is 1. The molecule has 142 valence electrons. The van der Waals surface area contributed by atoms with Gasteiger partial charge in [-0.2, -0.15) is 0 Å². The van der Waals surface area contributed by atoms with E-state index >= 15 is 0 Å². The minimum atomic E-state index is -3.68. The molecule has 0 aliphatic carbocycles. The number of hydrogen-bond acceptors (Lipinski definition) is 4. The fourth-order valence-corrected chi connectivity index (χ4v) is 5.34. The summed E-state index contributed by atoms with van der Waals surface area (Å²) in [7, 11) is -3.68. The summed E-state index contributed by atoms with van der Waals surface area (Å²) in [6, 6.07) is 9.09. The molecule has 2 aromatic carbocycles. The molecule has 6 nitrogen and oxygen atoms in total. The topological polar surface area (TPSA) is 84.1 Å². The number of anilines is 1. The highest BCUT2D eigenvalue weighted by molar-refractivity contribution is 7.92. The van der Waals surface area contributed by atoms with Crippen molar-refractivity contribution < 1.29 is 13.2 Å². The van der Waals surface area contributed by atoms with Gasteiger partial charge in [-0.1, -0.05) is 17.7 Å². The second-order valence-electron chi connectivity index (χ2n) is 7.19. The van der Waals surface area contributed by atoms with E-state index in [1.54, 1.807) is 12.1 Å². The molecule has 1 aliphatic heterocycles. The number of hydrogen-bond donors (Lipinski definition) is 2. The zero-order chi connectivity index (χ0) is 19.2. The van der Waals surface area contributed by atoms with Gasteiger partial charge in [0.15, 0.2) is 0 Å². The number of nitrogens with zero attached hydrogens (tertiary/aromatic N) is 1. The van der Waals surface area contributed by atoms with Crippen molar-refractivity contribution in [3.05, 3.63) is 52.8 Å². The summed E-state index contributed by atoms with van der Waals surface area (Å²) in [6.45, 7) is 6.35. The quantitative estimate of drug-likeness (QED) is 0.707. The molecule has 0 saturated carbocycles. The van der Waals surface area contributed by atoms with E-state index in [1.807, 2.05) is 39.0 Å². The third-order valence-corrected chi connectivity index (χ3v) is 6.55. The highest BCUT2D eigenvalue weighted by Gasteiger charge is 2.22. The zero-order valence-electron chi connectivity index (χ0n) is 15.7. The van der Waals surface area contributed by atoms with Gasteiger partial charge in [-0.25, -0.2) is 13.4 Å². The number of aromatic nitrogens is 2. The van der Waals surface area contributed by atoms with Crippen molar-refractivity contribution in [2.24, 2.45) is 0 Å². The first kappa shape index (κ1) is 18.0. The Bertz CT molecular complexity index is 1090.